The number of rotatable bonds is 1. The average molecular weight is 262 g/mol. The first-order chi connectivity index (χ1) is 7.59. The van der Waals surface area contributed by atoms with Crippen molar-refractivity contribution in [3.63, 3.8) is 0 Å². The van der Waals surface area contributed by atoms with Gasteiger partial charge in [0.1, 0.15) is 11.7 Å². The van der Waals surface area contributed by atoms with Crippen molar-refractivity contribution in [3.05, 3.63) is 42.5 Å². The predicted octanol–water partition coefficient (Wildman–Crippen LogP) is -0.982. The van der Waals surface area contributed by atoms with E-state index in [4.69, 9.17) is 9.35 Å². The first kappa shape index (κ1) is 16.3. The Morgan fingerprint density at radius 2 is 1.53 bits per heavy atom. The molecular weight excluding hydrogens is 251 g/mol. The summed E-state index contributed by atoms with van der Waals surface area (Å²) >= 11 is 0. The van der Waals surface area contributed by atoms with Crippen LogP contribution in [0.4, 0.5) is 0 Å². The molecule has 0 unspecified atom stereocenters. The van der Waals surface area contributed by atoms with E-state index in [0.29, 0.717) is 5.39 Å². The molecule has 0 saturated heterocycles. The molecule has 2 rings (SSSR count). The Labute approximate surface area is 123 Å². The van der Waals surface area contributed by atoms with Gasteiger partial charge in [0, 0.05) is 5.39 Å². The molecule has 17 heavy (non-hydrogen) atoms. The Kier molecular flexibility index (Phi) is 6.59. The number of benzene rings is 2. The summed E-state index contributed by atoms with van der Waals surface area (Å²) < 4.78 is 31.0. The minimum atomic E-state index is -4.13. The zero-order valence-electron chi connectivity index (χ0n) is 10.3. The third kappa shape index (κ3) is 3.90. The molecule has 0 atom stereocenters. The van der Waals surface area contributed by atoms with E-state index in [0.717, 1.165) is 5.39 Å². The summed E-state index contributed by atoms with van der Waals surface area (Å²) in [6.45, 7) is 2.00. The molecule has 6 heteroatoms. The molecule has 0 fully saturated rings. The molecule has 0 saturated carbocycles. The molecule has 2 aromatic carbocycles. The SMILES string of the molecule is C=O.O=S(=O)(O)c1cccc2ccccc12.[H-].[Na+]. The second-order valence-electron chi connectivity index (χ2n) is 2.95. The third-order valence-corrected chi connectivity index (χ3v) is 2.94. The Morgan fingerprint density at radius 3 is 2.12 bits per heavy atom. The van der Waals surface area contributed by atoms with Crippen LogP contribution in [0.15, 0.2) is 47.4 Å². The fourth-order valence-corrected chi connectivity index (χ4v) is 2.13. The number of carbonyl (C=O) groups excluding carboxylic acids is 1. The van der Waals surface area contributed by atoms with Crippen molar-refractivity contribution in [3.8, 4) is 0 Å². The maximum Gasteiger partial charge on any atom is 1.00 e. The number of hydrogen-bond acceptors (Lipinski definition) is 3. The zero-order chi connectivity index (χ0) is 12.2. The summed E-state index contributed by atoms with van der Waals surface area (Å²) in [7, 11) is -4.13. The van der Waals surface area contributed by atoms with Crippen molar-refractivity contribution in [2.45, 2.75) is 4.90 Å². The van der Waals surface area contributed by atoms with E-state index < -0.39 is 10.1 Å². The Morgan fingerprint density at radius 1 is 1.00 bits per heavy atom. The summed E-state index contributed by atoms with van der Waals surface area (Å²) in [5, 5.41) is 1.33. The van der Waals surface area contributed by atoms with Crippen LogP contribution in [0.3, 0.4) is 0 Å². The maximum atomic E-state index is 11.0. The Bertz CT molecular complexity index is 596. The molecule has 1 N–H and O–H groups in total. The van der Waals surface area contributed by atoms with Gasteiger partial charge in [0.15, 0.2) is 0 Å². The second kappa shape index (κ2) is 6.88. The van der Waals surface area contributed by atoms with Crippen LogP contribution >= 0.6 is 0 Å². The smallest absolute Gasteiger partial charge is 1.00 e. The van der Waals surface area contributed by atoms with E-state index in [1.54, 1.807) is 30.3 Å². The molecule has 0 amide bonds. The monoisotopic (exact) mass is 262 g/mol. The molecule has 0 bridgehead atoms. The fourth-order valence-electron chi connectivity index (χ4n) is 1.42. The van der Waals surface area contributed by atoms with Crippen LogP contribution in [0.5, 0.6) is 0 Å². The zero-order valence-corrected chi connectivity index (χ0v) is 12.1. The van der Waals surface area contributed by atoms with Crippen LogP contribution in [-0.4, -0.2) is 19.8 Å². The van der Waals surface area contributed by atoms with Crippen molar-refractivity contribution in [2.75, 3.05) is 0 Å². The molecule has 0 aliphatic carbocycles. The van der Waals surface area contributed by atoms with Crippen molar-refractivity contribution in [1.82, 2.24) is 0 Å². The summed E-state index contributed by atoms with van der Waals surface area (Å²) in [6.07, 6.45) is 0. The fraction of sp³-hybridized carbons (Fsp3) is 0. The van der Waals surface area contributed by atoms with Gasteiger partial charge in [0.2, 0.25) is 0 Å². The Balaban J connectivity index is 0. The van der Waals surface area contributed by atoms with Gasteiger partial charge in [-0.15, -0.1) is 0 Å². The standard InChI is InChI=1S/C10H8O3S.CH2O.Na.H/c11-14(12,13)10-7-3-5-8-4-1-2-6-9(8)10;1-2;;/h1-7H,(H,11,12,13);1H2;;/q;;+1;-1. The van der Waals surface area contributed by atoms with Gasteiger partial charge < -0.3 is 6.22 Å². The van der Waals surface area contributed by atoms with Crippen LogP contribution < -0.4 is 29.6 Å². The van der Waals surface area contributed by atoms with E-state index in [9.17, 15) is 8.42 Å². The molecule has 2 aromatic rings. The van der Waals surface area contributed by atoms with Crippen LogP contribution in [-0.2, 0) is 14.9 Å². The van der Waals surface area contributed by atoms with Gasteiger partial charge in [-0.05, 0) is 11.5 Å². The summed E-state index contributed by atoms with van der Waals surface area (Å²) in [6, 6.07) is 11.8. The van der Waals surface area contributed by atoms with Crippen molar-refractivity contribution >= 4 is 27.7 Å². The van der Waals surface area contributed by atoms with Gasteiger partial charge in [-0.25, -0.2) is 0 Å². The summed E-state index contributed by atoms with van der Waals surface area (Å²) in [4.78, 5) is 7.95. The topological polar surface area (TPSA) is 71.4 Å². The maximum absolute atomic E-state index is 11.0. The third-order valence-electron chi connectivity index (χ3n) is 2.03. The molecule has 86 valence electrons. The van der Waals surface area contributed by atoms with E-state index in [2.05, 4.69) is 0 Å². The first-order valence-corrected chi connectivity index (χ1v) is 5.77. The van der Waals surface area contributed by atoms with Crippen LogP contribution in [0, 0.1) is 0 Å². The Hall–Kier alpha value is -0.720. The van der Waals surface area contributed by atoms with E-state index in [-0.39, 0.29) is 35.9 Å². The van der Waals surface area contributed by atoms with Gasteiger partial charge in [0.25, 0.3) is 10.1 Å². The van der Waals surface area contributed by atoms with E-state index in [1.165, 1.54) is 6.07 Å². The molecule has 0 aliphatic rings. The van der Waals surface area contributed by atoms with Crippen LogP contribution in [0.2, 0.25) is 0 Å². The number of carbonyl (C=O) groups is 1. The molecule has 0 aromatic heterocycles. The van der Waals surface area contributed by atoms with Gasteiger partial charge >= 0.3 is 29.6 Å². The summed E-state index contributed by atoms with van der Waals surface area (Å²) in [5.41, 5.74) is 0. The van der Waals surface area contributed by atoms with E-state index >= 15 is 0 Å². The van der Waals surface area contributed by atoms with E-state index in [1.807, 2.05) is 12.9 Å². The number of hydrogen-bond donors (Lipinski definition) is 1. The average Bonchev–Trinajstić information content (AvgIpc) is 2.30. The molecule has 4 nitrogen and oxygen atoms in total. The largest absolute Gasteiger partial charge is 1.00 e. The molecule has 0 heterocycles. The first-order valence-electron chi connectivity index (χ1n) is 4.33. The molecular formula is C11H11NaO4S. The van der Waals surface area contributed by atoms with Crippen molar-refractivity contribution in [1.29, 1.82) is 0 Å². The molecule has 0 radical (unpaired) electrons. The van der Waals surface area contributed by atoms with Crippen LogP contribution in [0.1, 0.15) is 1.43 Å². The molecule has 0 aliphatic heterocycles. The second-order valence-corrected chi connectivity index (χ2v) is 4.34. The minimum Gasteiger partial charge on any atom is -1.00 e. The minimum absolute atomic E-state index is 0. The normalized spacial score (nSPS) is 9.94. The van der Waals surface area contributed by atoms with Gasteiger partial charge in [-0.1, -0.05) is 36.4 Å². The van der Waals surface area contributed by atoms with Crippen molar-refractivity contribution in [2.24, 2.45) is 0 Å². The van der Waals surface area contributed by atoms with Gasteiger partial charge in [0.05, 0.1) is 0 Å². The predicted molar refractivity (Wildman–Crippen MR) is 62.0 cm³/mol. The molecule has 0 spiro atoms. The van der Waals surface area contributed by atoms with Gasteiger partial charge in [-0.2, -0.15) is 8.42 Å². The van der Waals surface area contributed by atoms with Crippen LogP contribution in [0.25, 0.3) is 10.8 Å². The summed E-state index contributed by atoms with van der Waals surface area (Å²) in [5.74, 6) is 0. The quantitative estimate of drug-likeness (QED) is 0.529. The van der Waals surface area contributed by atoms with Gasteiger partial charge in [-0.3, -0.25) is 4.55 Å². The number of fused-ring (bicyclic) bond motifs is 1. The van der Waals surface area contributed by atoms with Crippen molar-refractivity contribution < 1.29 is 48.7 Å².